The number of hydrogen-bond donors (Lipinski definition) is 0. The summed E-state index contributed by atoms with van der Waals surface area (Å²) in [4.78, 5) is 7.01. The van der Waals surface area contributed by atoms with E-state index >= 15 is 0 Å². The van der Waals surface area contributed by atoms with Gasteiger partial charge in [0.15, 0.2) is 5.82 Å². The molecule has 0 aliphatic carbocycles. The van der Waals surface area contributed by atoms with Crippen molar-refractivity contribution < 1.29 is 4.74 Å². The van der Waals surface area contributed by atoms with Crippen molar-refractivity contribution in [2.45, 2.75) is 25.6 Å². The summed E-state index contributed by atoms with van der Waals surface area (Å²) in [5, 5.41) is 12.4. The van der Waals surface area contributed by atoms with Crippen LogP contribution in [0.25, 0.3) is 0 Å². The lowest BCUT2D eigenvalue weighted by atomic mass is 9.97. The number of hydrogen-bond acceptors (Lipinski definition) is 6. The molecule has 1 aliphatic rings. The van der Waals surface area contributed by atoms with Gasteiger partial charge in [0.05, 0.1) is 18.8 Å². The van der Waals surface area contributed by atoms with E-state index in [1.54, 1.807) is 7.11 Å². The van der Waals surface area contributed by atoms with Gasteiger partial charge >= 0.3 is 0 Å². The Morgan fingerprint density at radius 3 is 2.77 bits per heavy atom. The summed E-state index contributed by atoms with van der Waals surface area (Å²) in [6.45, 7) is 2.98. The van der Waals surface area contributed by atoms with E-state index in [4.69, 9.17) is 4.74 Å². The summed E-state index contributed by atoms with van der Waals surface area (Å²) in [6.07, 6.45) is 2.84. The van der Waals surface area contributed by atoms with E-state index in [1.165, 1.54) is 11.1 Å². The highest BCUT2D eigenvalue weighted by atomic mass is 16.5. The molecule has 2 aromatic heterocycles. The fourth-order valence-corrected chi connectivity index (χ4v) is 3.50. The molecule has 0 spiro atoms. The van der Waals surface area contributed by atoms with Crippen molar-refractivity contribution in [3.8, 4) is 0 Å². The van der Waals surface area contributed by atoms with Gasteiger partial charge in [0.1, 0.15) is 6.04 Å². The second-order valence-electron chi connectivity index (χ2n) is 6.40. The van der Waals surface area contributed by atoms with Crippen LogP contribution in [-0.4, -0.2) is 50.4 Å². The molecular formula is C19H22N6O. The Kier molecular flexibility index (Phi) is 4.99. The molecule has 134 valence electrons. The first-order valence-corrected chi connectivity index (χ1v) is 8.83. The normalized spacial score (nSPS) is 15.6. The summed E-state index contributed by atoms with van der Waals surface area (Å²) in [5.41, 5.74) is 3.73. The molecule has 26 heavy (non-hydrogen) atoms. The molecule has 4 rings (SSSR count). The molecule has 0 unspecified atom stereocenters. The van der Waals surface area contributed by atoms with E-state index in [0.717, 1.165) is 31.0 Å². The summed E-state index contributed by atoms with van der Waals surface area (Å²) in [7, 11) is 1.68. The molecule has 0 saturated carbocycles. The monoisotopic (exact) mass is 350 g/mol. The van der Waals surface area contributed by atoms with Crippen LogP contribution < -0.4 is 0 Å². The van der Waals surface area contributed by atoms with E-state index in [2.05, 4.69) is 49.7 Å². The zero-order valence-corrected chi connectivity index (χ0v) is 14.8. The molecule has 7 heteroatoms. The Hall–Kier alpha value is -2.64. The Morgan fingerprint density at radius 2 is 1.96 bits per heavy atom. The lowest BCUT2D eigenvalue weighted by Crippen LogP contribution is -2.36. The number of aromatic nitrogens is 5. The summed E-state index contributed by atoms with van der Waals surface area (Å²) >= 11 is 0. The van der Waals surface area contributed by atoms with Crippen LogP contribution >= 0.6 is 0 Å². The first-order chi connectivity index (χ1) is 12.9. The Morgan fingerprint density at radius 1 is 1.12 bits per heavy atom. The third-order valence-corrected chi connectivity index (χ3v) is 4.80. The number of methoxy groups -OCH3 is 1. The number of pyridine rings is 1. The lowest BCUT2D eigenvalue weighted by Gasteiger charge is -2.34. The lowest BCUT2D eigenvalue weighted by molar-refractivity contribution is 0.168. The number of nitrogens with zero attached hydrogens (tertiary/aromatic N) is 6. The van der Waals surface area contributed by atoms with Gasteiger partial charge in [0.2, 0.25) is 0 Å². The largest absolute Gasteiger partial charge is 0.383 e. The molecule has 0 amide bonds. The van der Waals surface area contributed by atoms with Gasteiger partial charge in [0, 0.05) is 26.4 Å². The molecule has 0 saturated heterocycles. The number of benzene rings is 1. The van der Waals surface area contributed by atoms with Gasteiger partial charge in [-0.15, -0.1) is 5.10 Å². The van der Waals surface area contributed by atoms with E-state index in [9.17, 15) is 0 Å². The van der Waals surface area contributed by atoms with Crippen LogP contribution in [0.5, 0.6) is 0 Å². The fourth-order valence-electron chi connectivity index (χ4n) is 3.50. The fraction of sp³-hybridized carbons (Fsp3) is 0.368. The predicted octanol–water partition coefficient (Wildman–Crippen LogP) is 1.86. The van der Waals surface area contributed by atoms with E-state index < -0.39 is 0 Å². The summed E-state index contributed by atoms with van der Waals surface area (Å²) in [6, 6.07) is 14.5. The molecule has 0 radical (unpaired) electrons. The summed E-state index contributed by atoms with van der Waals surface area (Å²) < 4.78 is 7.02. The average molecular weight is 350 g/mol. The van der Waals surface area contributed by atoms with Gasteiger partial charge in [-0.2, -0.15) is 0 Å². The van der Waals surface area contributed by atoms with Crippen LogP contribution in [-0.2, 0) is 24.2 Å². The molecule has 3 aromatic rings. The van der Waals surface area contributed by atoms with Crippen LogP contribution in [0.15, 0.2) is 48.7 Å². The molecule has 0 bridgehead atoms. The van der Waals surface area contributed by atoms with Crippen molar-refractivity contribution in [3.05, 3.63) is 71.3 Å². The second kappa shape index (κ2) is 7.72. The maximum absolute atomic E-state index is 5.20. The van der Waals surface area contributed by atoms with Crippen molar-refractivity contribution in [3.63, 3.8) is 0 Å². The molecule has 0 N–H and O–H groups in total. The van der Waals surface area contributed by atoms with Crippen LogP contribution in [0, 0.1) is 0 Å². The van der Waals surface area contributed by atoms with E-state index in [-0.39, 0.29) is 6.04 Å². The van der Waals surface area contributed by atoms with E-state index in [0.29, 0.717) is 13.2 Å². The van der Waals surface area contributed by atoms with Crippen molar-refractivity contribution in [1.82, 2.24) is 30.1 Å². The third kappa shape index (κ3) is 3.36. The van der Waals surface area contributed by atoms with Crippen LogP contribution in [0.3, 0.4) is 0 Å². The smallest absolute Gasteiger partial charge is 0.174 e. The number of fused-ring (bicyclic) bond motifs is 1. The van der Waals surface area contributed by atoms with Gasteiger partial charge < -0.3 is 4.74 Å². The highest BCUT2D eigenvalue weighted by Gasteiger charge is 2.31. The second-order valence-corrected chi connectivity index (χ2v) is 6.40. The minimum atomic E-state index is -0.0867. The quantitative estimate of drug-likeness (QED) is 0.676. The maximum atomic E-state index is 5.20. The van der Waals surface area contributed by atoms with Crippen LogP contribution in [0.1, 0.15) is 28.7 Å². The molecule has 0 fully saturated rings. The van der Waals surface area contributed by atoms with Crippen molar-refractivity contribution in [2.75, 3.05) is 20.3 Å². The van der Waals surface area contributed by atoms with Gasteiger partial charge in [-0.25, -0.2) is 4.68 Å². The zero-order valence-electron chi connectivity index (χ0n) is 14.8. The molecular weight excluding hydrogens is 328 g/mol. The summed E-state index contributed by atoms with van der Waals surface area (Å²) in [5.74, 6) is 0.806. The molecule has 3 heterocycles. The van der Waals surface area contributed by atoms with Gasteiger partial charge in [-0.05, 0) is 40.1 Å². The minimum Gasteiger partial charge on any atom is -0.383 e. The Balaban J connectivity index is 1.70. The number of rotatable bonds is 6. The van der Waals surface area contributed by atoms with Gasteiger partial charge in [-0.3, -0.25) is 9.88 Å². The topological polar surface area (TPSA) is 69.0 Å². The SMILES string of the molecule is COCCn1nnnc1[C@@H](c1ccccn1)N1CCc2ccccc2C1. The predicted molar refractivity (Wildman–Crippen MR) is 96.3 cm³/mol. The van der Waals surface area contributed by atoms with E-state index in [1.807, 2.05) is 29.1 Å². The first-order valence-electron chi connectivity index (χ1n) is 8.83. The number of tetrazole rings is 1. The highest BCUT2D eigenvalue weighted by Crippen LogP contribution is 2.30. The van der Waals surface area contributed by atoms with Crippen molar-refractivity contribution >= 4 is 0 Å². The number of ether oxygens (including phenoxy) is 1. The standard InChI is InChI=1S/C19H22N6O/c1-26-13-12-25-19(21-22-23-25)18(17-8-4-5-10-20-17)24-11-9-15-6-2-3-7-16(15)14-24/h2-8,10,18H,9,11-14H2,1H3/t18-/m1/s1. The van der Waals surface area contributed by atoms with Crippen molar-refractivity contribution in [2.24, 2.45) is 0 Å². The van der Waals surface area contributed by atoms with Gasteiger partial charge in [-0.1, -0.05) is 30.3 Å². The van der Waals surface area contributed by atoms with Crippen LogP contribution in [0.4, 0.5) is 0 Å². The Labute approximate surface area is 152 Å². The van der Waals surface area contributed by atoms with Crippen molar-refractivity contribution in [1.29, 1.82) is 0 Å². The maximum Gasteiger partial charge on any atom is 0.174 e. The third-order valence-electron chi connectivity index (χ3n) is 4.80. The molecule has 7 nitrogen and oxygen atoms in total. The molecule has 1 aromatic carbocycles. The minimum absolute atomic E-state index is 0.0867. The van der Waals surface area contributed by atoms with Gasteiger partial charge in [0.25, 0.3) is 0 Å². The zero-order chi connectivity index (χ0) is 17.8. The molecule has 1 aliphatic heterocycles. The molecule has 1 atom stereocenters. The van der Waals surface area contributed by atoms with Crippen LogP contribution in [0.2, 0.25) is 0 Å². The highest BCUT2D eigenvalue weighted by molar-refractivity contribution is 5.30. The average Bonchev–Trinajstić information content (AvgIpc) is 3.15. The Bertz CT molecular complexity index is 850. The first kappa shape index (κ1) is 16.8.